The first kappa shape index (κ1) is 10.8. The van der Waals surface area contributed by atoms with Gasteiger partial charge < -0.3 is 15.5 Å². The van der Waals surface area contributed by atoms with Crippen LogP contribution in [0.4, 0.5) is 5.69 Å². The Morgan fingerprint density at radius 1 is 1.13 bits per heavy atom. The van der Waals surface area contributed by atoms with Gasteiger partial charge in [-0.25, -0.2) is 4.79 Å². The zero-order valence-corrected chi connectivity index (χ0v) is 7.68. The molecule has 1 rings (SSSR count). The van der Waals surface area contributed by atoms with Crippen LogP contribution >= 0.6 is 0 Å². The summed E-state index contributed by atoms with van der Waals surface area (Å²) in [6.45, 7) is 0. The van der Waals surface area contributed by atoms with Gasteiger partial charge >= 0.3 is 5.97 Å². The molecular weight excluding hydrogens is 198 g/mol. The van der Waals surface area contributed by atoms with Crippen LogP contribution in [0.3, 0.4) is 0 Å². The Bertz CT molecular complexity index is 394. The quantitative estimate of drug-likeness (QED) is 0.509. The van der Waals surface area contributed by atoms with Crippen LogP contribution in [0, 0.1) is 0 Å². The number of nitrogens with one attached hydrogen (secondary N) is 1. The van der Waals surface area contributed by atoms with Gasteiger partial charge in [-0.1, -0.05) is 0 Å². The van der Waals surface area contributed by atoms with Crippen molar-refractivity contribution in [3.05, 3.63) is 36.4 Å². The molecule has 0 aliphatic heterocycles. The number of carboxylic acid groups (broad SMARTS) is 1. The number of phenolic OH excluding ortho intramolecular Hbond substituents is 1. The van der Waals surface area contributed by atoms with Crippen LogP contribution in [-0.4, -0.2) is 22.1 Å². The molecule has 15 heavy (non-hydrogen) atoms. The van der Waals surface area contributed by atoms with Crippen molar-refractivity contribution in [3.8, 4) is 5.75 Å². The number of carboxylic acids is 1. The molecule has 0 radical (unpaired) electrons. The molecule has 78 valence electrons. The van der Waals surface area contributed by atoms with E-state index in [9.17, 15) is 9.59 Å². The fourth-order valence-electron chi connectivity index (χ4n) is 0.876. The minimum absolute atomic E-state index is 0.0917. The zero-order valence-electron chi connectivity index (χ0n) is 7.68. The molecule has 0 aromatic heterocycles. The lowest BCUT2D eigenvalue weighted by Crippen LogP contribution is -2.08. The van der Waals surface area contributed by atoms with Crippen molar-refractivity contribution in [3.63, 3.8) is 0 Å². The zero-order chi connectivity index (χ0) is 11.3. The van der Waals surface area contributed by atoms with Crippen molar-refractivity contribution >= 4 is 17.6 Å². The molecule has 0 bridgehead atoms. The smallest absolute Gasteiger partial charge is 0.328 e. The first-order valence-electron chi connectivity index (χ1n) is 4.09. The maximum atomic E-state index is 11.1. The Hall–Kier alpha value is -2.30. The summed E-state index contributed by atoms with van der Waals surface area (Å²) in [4.78, 5) is 21.2. The summed E-state index contributed by atoms with van der Waals surface area (Å²) in [6, 6.07) is 5.83. The van der Waals surface area contributed by atoms with Gasteiger partial charge in [-0.15, -0.1) is 0 Å². The average Bonchev–Trinajstić information content (AvgIpc) is 2.19. The van der Waals surface area contributed by atoms with Crippen molar-refractivity contribution in [1.29, 1.82) is 0 Å². The molecule has 1 aromatic rings. The highest BCUT2D eigenvalue weighted by Crippen LogP contribution is 2.13. The van der Waals surface area contributed by atoms with Crippen molar-refractivity contribution in [2.24, 2.45) is 0 Å². The van der Waals surface area contributed by atoms with E-state index in [1.165, 1.54) is 24.3 Å². The Morgan fingerprint density at radius 2 is 1.73 bits per heavy atom. The minimum Gasteiger partial charge on any atom is -0.508 e. The number of amides is 1. The molecular formula is C10H9NO4. The first-order valence-corrected chi connectivity index (χ1v) is 4.09. The summed E-state index contributed by atoms with van der Waals surface area (Å²) in [5, 5.41) is 19.7. The molecule has 0 spiro atoms. The van der Waals surface area contributed by atoms with E-state index in [0.717, 1.165) is 12.2 Å². The number of phenols is 1. The number of aromatic hydroxyl groups is 1. The van der Waals surface area contributed by atoms with Crippen molar-refractivity contribution in [1.82, 2.24) is 0 Å². The van der Waals surface area contributed by atoms with Crippen LogP contribution < -0.4 is 5.32 Å². The predicted octanol–water partition coefficient (Wildman–Crippen LogP) is 0.971. The van der Waals surface area contributed by atoms with Gasteiger partial charge in [0.1, 0.15) is 5.75 Å². The predicted molar refractivity (Wildman–Crippen MR) is 53.5 cm³/mol. The molecule has 0 aliphatic carbocycles. The second-order valence-corrected chi connectivity index (χ2v) is 2.71. The number of rotatable bonds is 3. The topological polar surface area (TPSA) is 86.6 Å². The van der Waals surface area contributed by atoms with Crippen molar-refractivity contribution in [2.75, 3.05) is 5.32 Å². The largest absolute Gasteiger partial charge is 0.508 e. The molecule has 0 aliphatic rings. The van der Waals surface area contributed by atoms with Crippen LogP contribution in [0.15, 0.2) is 36.4 Å². The molecule has 0 heterocycles. The first-order chi connectivity index (χ1) is 7.08. The standard InChI is InChI=1S/C10H9NO4/c12-8-3-1-7(2-4-8)11-9(13)5-6-10(14)15/h1-6,12H,(H,11,13)(H,14,15)/b6-5+. The minimum atomic E-state index is -1.18. The molecule has 5 nitrogen and oxygen atoms in total. The summed E-state index contributed by atoms with van der Waals surface area (Å²) in [7, 11) is 0. The number of anilines is 1. The highest BCUT2D eigenvalue weighted by Gasteiger charge is 1.98. The van der Waals surface area contributed by atoms with E-state index in [2.05, 4.69) is 5.32 Å². The molecule has 1 aromatic carbocycles. The van der Waals surface area contributed by atoms with E-state index in [1.807, 2.05) is 0 Å². The maximum absolute atomic E-state index is 11.1. The highest BCUT2D eigenvalue weighted by atomic mass is 16.4. The van der Waals surface area contributed by atoms with Crippen molar-refractivity contribution in [2.45, 2.75) is 0 Å². The fourth-order valence-corrected chi connectivity index (χ4v) is 0.876. The number of carbonyl (C=O) groups excluding carboxylic acids is 1. The van der Waals surface area contributed by atoms with Gasteiger partial charge in [0, 0.05) is 17.8 Å². The summed E-state index contributed by atoms with van der Waals surface area (Å²) >= 11 is 0. The number of carbonyl (C=O) groups is 2. The molecule has 5 heteroatoms. The second-order valence-electron chi connectivity index (χ2n) is 2.71. The fraction of sp³-hybridized carbons (Fsp3) is 0. The Labute approximate surface area is 85.7 Å². The molecule has 1 amide bonds. The number of hydrogen-bond donors (Lipinski definition) is 3. The van der Waals surface area contributed by atoms with E-state index >= 15 is 0 Å². The van der Waals surface area contributed by atoms with Crippen LogP contribution in [0.25, 0.3) is 0 Å². The maximum Gasteiger partial charge on any atom is 0.328 e. The Kier molecular flexibility index (Phi) is 3.45. The van der Waals surface area contributed by atoms with Crippen LogP contribution in [0.5, 0.6) is 5.75 Å². The van der Waals surface area contributed by atoms with E-state index in [0.29, 0.717) is 5.69 Å². The lowest BCUT2D eigenvalue weighted by Gasteiger charge is -2.00. The Morgan fingerprint density at radius 3 is 2.27 bits per heavy atom. The van der Waals surface area contributed by atoms with Gasteiger partial charge in [-0.05, 0) is 24.3 Å². The van der Waals surface area contributed by atoms with Crippen LogP contribution in [0.1, 0.15) is 0 Å². The molecule has 0 saturated heterocycles. The van der Waals surface area contributed by atoms with Gasteiger partial charge in [0.05, 0.1) is 0 Å². The third kappa shape index (κ3) is 3.95. The average molecular weight is 207 g/mol. The highest BCUT2D eigenvalue weighted by molar-refractivity contribution is 6.02. The van der Waals surface area contributed by atoms with E-state index in [4.69, 9.17) is 10.2 Å². The summed E-state index contributed by atoms with van der Waals surface area (Å²) in [5.74, 6) is -1.63. The molecule has 0 atom stereocenters. The SMILES string of the molecule is O=C(O)/C=C/C(=O)Nc1ccc(O)cc1. The third-order valence-electron chi connectivity index (χ3n) is 1.51. The van der Waals surface area contributed by atoms with E-state index < -0.39 is 11.9 Å². The van der Waals surface area contributed by atoms with Gasteiger partial charge in [-0.2, -0.15) is 0 Å². The van der Waals surface area contributed by atoms with E-state index in [1.54, 1.807) is 0 Å². The van der Waals surface area contributed by atoms with Crippen molar-refractivity contribution < 1.29 is 19.8 Å². The molecule has 0 unspecified atom stereocenters. The summed E-state index contributed by atoms with van der Waals surface area (Å²) < 4.78 is 0. The Balaban J connectivity index is 2.59. The van der Waals surface area contributed by atoms with Gasteiger partial charge in [0.15, 0.2) is 0 Å². The third-order valence-corrected chi connectivity index (χ3v) is 1.51. The van der Waals surface area contributed by atoms with Gasteiger partial charge in [0.2, 0.25) is 5.91 Å². The monoisotopic (exact) mass is 207 g/mol. The lowest BCUT2D eigenvalue weighted by molar-refractivity contribution is -0.131. The van der Waals surface area contributed by atoms with Crippen LogP contribution in [-0.2, 0) is 9.59 Å². The summed E-state index contributed by atoms with van der Waals surface area (Å²) in [6.07, 6.45) is 1.66. The lowest BCUT2D eigenvalue weighted by atomic mass is 10.3. The van der Waals surface area contributed by atoms with Crippen LogP contribution in [0.2, 0.25) is 0 Å². The molecule has 0 saturated carbocycles. The normalized spacial score (nSPS) is 10.1. The number of benzene rings is 1. The molecule has 0 fully saturated rings. The van der Waals surface area contributed by atoms with E-state index in [-0.39, 0.29) is 5.75 Å². The second kappa shape index (κ2) is 4.80. The number of hydrogen-bond acceptors (Lipinski definition) is 3. The van der Waals surface area contributed by atoms with Gasteiger partial charge in [-0.3, -0.25) is 4.79 Å². The van der Waals surface area contributed by atoms with Gasteiger partial charge in [0.25, 0.3) is 0 Å². The molecule has 3 N–H and O–H groups in total. The summed E-state index contributed by atoms with van der Waals surface area (Å²) in [5.41, 5.74) is 0.479. The number of aliphatic carboxylic acids is 1.